The van der Waals surface area contributed by atoms with Crippen LogP contribution in [-0.4, -0.2) is 10.8 Å². The van der Waals surface area contributed by atoms with E-state index in [1.54, 1.807) is 12.4 Å². The van der Waals surface area contributed by atoms with Crippen molar-refractivity contribution in [2.45, 2.75) is 0 Å². The molecule has 0 saturated carbocycles. The summed E-state index contributed by atoms with van der Waals surface area (Å²) in [7, 11) is 0. The van der Waals surface area contributed by atoms with Crippen molar-refractivity contribution in [3.63, 3.8) is 0 Å². The third-order valence-corrected chi connectivity index (χ3v) is 1.65. The van der Waals surface area contributed by atoms with E-state index in [2.05, 4.69) is 4.98 Å². The van der Waals surface area contributed by atoms with Crippen LogP contribution in [0.2, 0.25) is 0 Å². The topological polar surface area (TPSA) is 62.8 Å². The average Bonchev–Trinajstić information content (AvgIpc) is 2.33. The summed E-state index contributed by atoms with van der Waals surface area (Å²) in [5.74, 6) is 0.121. The normalized spacial score (nSPS) is 8.53. The SMILES string of the molecule is N=C(N)c1ccccc1.c1ccncc1. The Labute approximate surface area is 89.1 Å². The van der Waals surface area contributed by atoms with Gasteiger partial charge in [0.1, 0.15) is 5.84 Å². The van der Waals surface area contributed by atoms with Crippen LogP contribution in [0.1, 0.15) is 5.56 Å². The largest absolute Gasteiger partial charge is 0.384 e. The molecular formula is C12H13N3. The van der Waals surface area contributed by atoms with Crippen LogP contribution in [0.25, 0.3) is 0 Å². The molecule has 2 aromatic rings. The molecule has 0 aliphatic heterocycles. The first kappa shape index (κ1) is 10.9. The van der Waals surface area contributed by atoms with Crippen LogP contribution in [0.5, 0.6) is 0 Å². The Morgan fingerprint density at radius 3 is 1.73 bits per heavy atom. The third-order valence-electron chi connectivity index (χ3n) is 1.65. The summed E-state index contributed by atoms with van der Waals surface area (Å²) >= 11 is 0. The number of hydrogen-bond donors (Lipinski definition) is 2. The highest BCUT2D eigenvalue weighted by Gasteiger charge is 1.89. The van der Waals surface area contributed by atoms with Gasteiger partial charge >= 0.3 is 0 Å². The fourth-order valence-electron chi connectivity index (χ4n) is 0.930. The zero-order valence-electron chi connectivity index (χ0n) is 8.30. The Hall–Kier alpha value is -2.16. The molecule has 3 N–H and O–H groups in total. The molecule has 0 amide bonds. The van der Waals surface area contributed by atoms with Crippen molar-refractivity contribution in [3.05, 3.63) is 66.5 Å². The molecule has 76 valence electrons. The van der Waals surface area contributed by atoms with E-state index in [0.717, 1.165) is 5.56 Å². The molecule has 15 heavy (non-hydrogen) atoms. The van der Waals surface area contributed by atoms with Crippen molar-refractivity contribution in [3.8, 4) is 0 Å². The van der Waals surface area contributed by atoms with E-state index in [1.165, 1.54) is 0 Å². The highest BCUT2D eigenvalue weighted by atomic mass is 14.7. The maximum Gasteiger partial charge on any atom is 0.122 e. The number of hydrogen-bond acceptors (Lipinski definition) is 2. The molecule has 1 heterocycles. The van der Waals surface area contributed by atoms with Gasteiger partial charge in [-0.25, -0.2) is 0 Å². The van der Waals surface area contributed by atoms with Crippen LogP contribution in [0.4, 0.5) is 0 Å². The first-order valence-corrected chi connectivity index (χ1v) is 4.55. The second kappa shape index (κ2) is 6.32. The number of rotatable bonds is 1. The van der Waals surface area contributed by atoms with Crippen LogP contribution in [0.3, 0.4) is 0 Å². The van der Waals surface area contributed by atoms with Gasteiger partial charge in [-0.2, -0.15) is 0 Å². The lowest BCUT2D eigenvalue weighted by atomic mass is 10.2. The lowest BCUT2D eigenvalue weighted by Crippen LogP contribution is -2.10. The number of pyridine rings is 1. The molecule has 3 nitrogen and oxygen atoms in total. The standard InChI is InChI=1S/C7H8N2.C5H5N/c8-7(9)6-4-2-1-3-5-6;1-2-4-6-5-3-1/h1-5H,(H3,8,9);1-5H. The molecule has 1 aromatic carbocycles. The fourth-order valence-corrected chi connectivity index (χ4v) is 0.930. The van der Waals surface area contributed by atoms with Gasteiger partial charge in [-0.15, -0.1) is 0 Å². The Morgan fingerprint density at radius 1 is 0.933 bits per heavy atom. The van der Waals surface area contributed by atoms with E-state index in [9.17, 15) is 0 Å². The molecule has 0 saturated heterocycles. The summed E-state index contributed by atoms with van der Waals surface area (Å²) < 4.78 is 0. The fraction of sp³-hybridized carbons (Fsp3) is 0. The minimum atomic E-state index is 0.121. The van der Waals surface area contributed by atoms with Gasteiger partial charge in [0.25, 0.3) is 0 Å². The first-order valence-electron chi connectivity index (χ1n) is 4.55. The minimum absolute atomic E-state index is 0.121. The number of nitrogens with two attached hydrogens (primary N) is 1. The number of nitrogen functional groups attached to an aromatic ring is 1. The second-order valence-electron chi connectivity index (χ2n) is 2.80. The Kier molecular flexibility index (Phi) is 4.60. The molecule has 3 heteroatoms. The van der Waals surface area contributed by atoms with E-state index in [4.69, 9.17) is 11.1 Å². The van der Waals surface area contributed by atoms with Crippen LogP contribution in [0, 0.1) is 5.41 Å². The van der Waals surface area contributed by atoms with Crippen LogP contribution >= 0.6 is 0 Å². The molecular weight excluding hydrogens is 186 g/mol. The summed E-state index contributed by atoms with van der Waals surface area (Å²) in [5, 5.41) is 7.01. The zero-order valence-corrected chi connectivity index (χ0v) is 8.30. The van der Waals surface area contributed by atoms with Gasteiger partial charge in [0, 0.05) is 18.0 Å². The highest BCUT2D eigenvalue weighted by Crippen LogP contribution is 1.94. The molecule has 1 aromatic heterocycles. The smallest absolute Gasteiger partial charge is 0.122 e. The highest BCUT2D eigenvalue weighted by molar-refractivity contribution is 5.94. The Morgan fingerprint density at radius 2 is 1.47 bits per heavy atom. The van der Waals surface area contributed by atoms with Gasteiger partial charge in [0.15, 0.2) is 0 Å². The van der Waals surface area contributed by atoms with Gasteiger partial charge < -0.3 is 5.73 Å². The number of benzene rings is 1. The number of nitrogens with one attached hydrogen (secondary N) is 1. The van der Waals surface area contributed by atoms with E-state index in [1.807, 2.05) is 48.5 Å². The van der Waals surface area contributed by atoms with Crippen molar-refractivity contribution in [2.75, 3.05) is 0 Å². The molecule has 0 unspecified atom stereocenters. The molecule has 0 spiro atoms. The number of nitrogens with zero attached hydrogens (tertiary/aromatic N) is 1. The molecule has 0 bridgehead atoms. The lowest BCUT2D eigenvalue weighted by Gasteiger charge is -1.93. The summed E-state index contributed by atoms with van der Waals surface area (Å²) in [5.41, 5.74) is 5.97. The van der Waals surface area contributed by atoms with Crippen molar-refractivity contribution < 1.29 is 0 Å². The van der Waals surface area contributed by atoms with Crippen molar-refractivity contribution >= 4 is 5.84 Å². The Bertz CT molecular complexity index is 357. The second-order valence-corrected chi connectivity index (χ2v) is 2.80. The van der Waals surface area contributed by atoms with Crippen LogP contribution < -0.4 is 5.73 Å². The summed E-state index contributed by atoms with van der Waals surface area (Å²) in [6.45, 7) is 0. The molecule has 0 aliphatic rings. The summed E-state index contributed by atoms with van der Waals surface area (Å²) in [4.78, 5) is 3.78. The van der Waals surface area contributed by atoms with E-state index in [-0.39, 0.29) is 5.84 Å². The van der Waals surface area contributed by atoms with E-state index in [0.29, 0.717) is 0 Å². The first-order chi connectivity index (χ1) is 7.30. The molecule has 2 rings (SSSR count). The van der Waals surface area contributed by atoms with Gasteiger partial charge in [-0.1, -0.05) is 36.4 Å². The van der Waals surface area contributed by atoms with Gasteiger partial charge in [-0.05, 0) is 12.1 Å². The summed E-state index contributed by atoms with van der Waals surface area (Å²) in [6, 6.07) is 14.9. The predicted molar refractivity (Wildman–Crippen MR) is 61.7 cm³/mol. The molecule has 0 radical (unpaired) electrons. The predicted octanol–water partition coefficient (Wildman–Crippen LogP) is 2.05. The van der Waals surface area contributed by atoms with Gasteiger partial charge in [0.2, 0.25) is 0 Å². The van der Waals surface area contributed by atoms with Crippen molar-refractivity contribution in [1.29, 1.82) is 5.41 Å². The van der Waals surface area contributed by atoms with Crippen molar-refractivity contribution in [1.82, 2.24) is 4.98 Å². The monoisotopic (exact) mass is 199 g/mol. The Balaban J connectivity index is 0.000000162. The zero-order chi connectivity index (χ0) is 10.9. The number of aromatic nitrogens is 1. The maximum atomic E-state index is 7.01. The average molecular weight is 199 g/mol. The molecule has 0 atom stereocenters. The van der Waals surface area contributed by atoms with Gasteiger partial charge in [-0.3, -0.25) is 10.4 Å². The van der Waals surface area contributed by atoms with E-state index < -0.39 is 0 Å². The molecule has 0 fully saturated rings. The van der Waals surface area contributed by atoms with Crippen LogP contribution in [0.15, 0.2) is 60.9 Å². The number of amidine groups is 1. The third kappa shape index (κ3) is 4.57. The van der Waals surface area contributed by atoms with Crippen molar-refractivity contribution in [2.24, 2.45) is 5.73 Å². The molecule has 0 aliphatic carbocycles. The van der Waals surface area contributed by atoms with Crippen LogP contribution in [-0.2, 0) is 0 Å². The summed E-state index contributed by atoms with van der Waals surface area (Å²) in [6.07, 6.45) is 3.50. The maximum absolute atomic E-state index is 7.01. The quantitative estimate of drug-likeness (QED) is 0.545. The van der Waals surface area contributed by atoms with Gasteiger partial charge in [0.05, 0.1) is 0 Å². The lowest BCUT2D eigenvalue weighted by molar-refractivity contribution is 1.33. The minimum Gasteiger partial charge on any atom is -0.384 e. The van der Waals surface area contributed by atoms with E-state index >= 15 is 0 Å².